The maximum absolute atomic E-state index is 13.0. The number of benzene rings is 1. The number of carboxylic acids is 2. The van der Waals surface area contributed by atoms with Crippen LogP contribution >= 0.6 is 12.6 Å². The molecule has 0 aliphatic rings. The zero-order chi connectivity index (χ0) is 27.3. The topological polar surface area (TPSA) is 231 Å². The third kappa shape index (κ3) is 11.2. The van der Waals surface area contributed by atoms with E-state index in [0.717, 1.165) is 0 Å². The molecule has 0 radical (unpaired) electrons. The first-order valence-electron chi connectivity index (χ1n) is 11.0. The Morgan fingerprint density at radius 1 is 0.806 bits per heavy atom. The molecule has 9 N–H and O–H groups in total. The highest BCUT2D eigenvalue weighted by molar-refractivity contribution is 7.80. The van der Waals surface area contributed by atoms with Gasteiger partial charge in [-0.25, -0.2) is 4.79 Å². The zero-order valence-electron chi connectivity index (χ0n) is 19.4. The van der Waals surface area contributed by atoms with Gasteiger partial charge in [0, 0.05) is 25.0 Å². The normalized spacial score (nSPS) is 13.9. The van der Waals surface area contributed by atoms with Crippen LogP contribution in [0.2, 0.25) is 0 Å². The highest BCUT2D eigenvalue weighted by Crippen LogP contribution is 2.07. The minimum absolute atomic E-state index is 0.0188. The third-order valence-electron chi connectivity index (χ3n) is 5.03. The second-order valence-electron chi connectivity index (χ2n) is 7.94. The number of amides is 4. The standard InChI is InChI=1S/C22H31N5O8S/c23-13(6-8-17(24)28)19(31)25-14(7-9-18(29)30)20(32)26-15(10-12-4-2-1-3-5-12)21(33)27-16(11-36)22(34)35/h1-5,13-16,36H,6-11,23H2,(H2,24,28)(H,25,31)(H,26,32)(H,27,33)(H,29,30)(H,34,35). The van der Waals surface area contributed by atoms with Gasteiger partial charge in [0.05, 0.1) is 6.04 Å². The van der Waals surface area contributed by atoms with Gasteiger partial charge < -0.3 is 37.6 Å². The molecule has 1 aromatic rings. The second kappa shape index (κ2) is 15.4. The van der Waals surface area contributed by atoms with Gasteiger partial charge in [-0.2, -0.15) is 12.6 Å². The summed E-state index contributed by atoms with van der Waals surface area (Å²) in [6.45, 7) is 0. The molecule has 0 saturated carbocycles. The zero-order valence-corrected chi connectivity index (χ0v) is 20.3. The molecule has 1 rings (SSSR count). The van der Waals surface area contributed by atoms with Crippen molar-refractivity contribution < 1.29 is 39.0 Å². The number of rotatable bonds is 16. The molecule has 4 unspecified atom stereocenters. The smallest absolute Gasteiger partial charge is 0.327 e. The molecule has 1 aromatic carbocycles. The number of hydrogen-bond acceptors (Lipinski definition) is 8. The number of carbonyl (C=O) groups is 6. The molecule has 0 bridgehead atoms. The van der Waals surface area contributed by atoms with Gasteiger partial charge in [-0.3, -0.25) is 24.0 Å². The Balaban J connectivity index is 3.08. The van der Waals surface area contributed by atoms with Crippen LogP contribution in [-0.4, -0.2) is 75.7 Å². The molecule has 0 spiro atoms. The molecular weight excluding hydrogens is 494 g/mol. The fourth-order valence-corrected chi connectivity index (χ4v) is 3.28. The van der Waals surface area contributed by atoms with Crippen molar-refractivity contribution in [3.05, 3.63) is 35.9 Å². The number of aliphatic carboxylic acids is 2. The Kier molecular flexibility index (Phi) is 13.0. The van der Waals surface area contributed by atoms with Crippen LogP contribution in [0, 0.1) is 0 Å². The van der Waals surface area contributed by atoms with E-state index in [1.807, 2.05) is 0 Å². The molecule has 4 amide bonds. The second-order valence-corrected chi connectivity index (χ2v) is 8.30. The van der Waals surface area contributed by atoms with Crippen molar-refractivity contribution in [2.75, 3.05) is 5.75 Å². The number of nitrogens with two attached hydrogens (primary N) is 2. The summed E-state index contributed by atoms with van der Waals surface area (Å²) in [7, 11) is 0. The summed E-state index contributed by atoms with van der Waals surface area (Å²) in [6, 6.07) is 3.43. The van der Waals surface area contributed by atoms with Crippen LogP contribution in [0.3, 0.4) is 0 Å². The molecule has 0 aliphatic carbocycles. The van der Waals surface area contributed by atoms with Crippen molar-refractivity contribution in [2.24, 2.45) is 11.5 Å². The molecular formula is C22H31N5O8S. The van der Waals surface area contributed by atoms with Crippen molar-refractivity contribution in [2.45, 2.75) is 56.3 Å². The first-order chi connectivity index (χ1) is 16.9. The minimum atomic E-state index is -1.38. The number of thiol groups is 1. The summed E-state index contributed by atoms with van der Waals surface area (Å²) >= 11 is 3.91. The lowest BCUT2D eigenvalue weighted by Gasteiger charge is -2.25. The predicted octanol–water partition coefficient (Wildman–Crippen LogP) is -1.84. The molecule has 0 aliphatic heterocycles. The van der Waals surface area contributed by atoms with Crippen molar-refractivity contribution in [1.82, 2.24) is 16.0 Å². The maximum atomic E-state index is 13.0. The van der Waals surface area contributed by atoms with E-state index in [1.54, 1.807) is 30.3 Å². The molecule has 0 heterocycles. The average molecular weight is 526 g/mol. The van der Waals surface area contributed by atoms with Gasteiger partial charge in [-0.05, 0) is 18.4 Å². The van der Waals surface area contributed by atoms with Gasteiger partial charge in [-0.1, -0.05) is 30.3 Å². The molecule has 14 heteroatoms. The van der Waals surface area contributed by atoms with E-state index in [0.29, 0.717) is 5.56 Å². The SMILES string of the molecule is NC(=O)CCC(N)C(=O)NC(CCC(=O)O)C(=O)NC(Cc1ccccc1)C(=O)NC(CS)C(=O)O. The lowest BCUT2D eigenvalue weighted by atomic mass is 10.0. The van der Waals surface area contributed by atoms with Gasteiger partial charge >= 0.3 is 11.9 Å². The van der Waals surface area contributed by atoms with Crippen molar-refractivity contribution in [1.29, 1.82) is 0 Å². The lowest BCUT2D eigenvalue weighted by molar-refractivity contribution is -0.141. The first kappa shape index (κ1) is 30.4. The van der Waals surface area contributed by atoms with Gasteiger partial charge in [0.25, 0.3) is 0 Å². The number of primary amides is 1. The van der Waals surface area contributed by atoms with E-state index >= 15 is 0 Å². The van der Waals surface area contributed by atoms with Crippen LogP contribution in [-0.2, 0) is 35.2 Å². The summed E-state index contributed by atoms with van der Waals surface area (Å²) in [5.41, 5.74) is 11.4. The van der Waals surface area contributed by atoms with Crippen LogP contribution in [0.15, 0.2) is 30.3 Å². The van der Waals surface area contributed by atoms with Crippen LogP contribution in [0.4, 0.5) is 0 Å². The van der Waals surface area contributed by atoms with E-state index in [2.05, 4.69) is 28.6 Å². The predicted molar refractivity (Wildman–Crippen MR) is 131 cm³/mol. The highest BCUT2D eigenvalue weighted by atomic mass is 32.1. The average Bonchev–Trinajstić information content (AvgIpc) is 2.82. The molecule has 0 fully saturated rings. The Bertz CT molecular complexity index is 946. The van der Waals surface area contributed by atoms with Crippen LogP contribution in [0.5, 0.6) is 0 Å². The number of hydrogen-bond donors (Lipinski definition) is 8. The molecule has 198 valence electrons. The summed E-state index contributed by atoms with van der Waals surface area (Å²) in [5, 5.41) is 25.3. The quantitative estimate of drug-likeness (QED) is 0.113. The van der Waals surface area contributed by atoms with Gasteiger partial charge in [0.15, 0.2) is 0 Å². The summed E-state index contributed by atoms with van der Waals surface area (Å²) in [6.07, 6.45) is -1.08. The van der Waals surface area contributed by atoms with E-state index < -0.39 is 66.2 Å². The van der Waals surface area contributed by atoms with Gasteiger partial charge in [0.2, 0.25) is 23.6 Å². The molecule has 13 nitrogen and oxygen atoms in total. The minimum Gasteiger partial charge on any atom is -0.481 e. The maximum Gasteiger partial charge on any atom is 0.327 e. The van der Waals surface area contributed by atoms with Crippen molar-refractivity contribution in [3.8, 4) is 0 Å². The van der Waals surface area contributed by atoms with Crippen molar-refractivity contribution >= 4 is 48.2 Å². The van der Waals surface area contributed by atoms with E-state index in [-0.39, 0.29) is 31.4 Å². The van der Waals surface area contributed by atoms with E-state index in [1.165, 1.54) is 0 Å². The van der Waals surface area contributed by atoms with E-state index in [4.69, 9.17) is 16.6 Å². The molecule has 0 saturated heterocycles. The molecule has 36 heavy (non-hydrogen) atoms. The monoisotopic (exact) mass is 525 g/mol. The third-order valence-corrected chi connectivity index (χ3v) is 5.40. The number of nitrogens with one attached hydrogen (secondary N) is 3. The lowest BCUT2D eigenvalue weighted by Crippen LogP contribution is -2.58. The van der Waals surface area contributed by atoms with Crippen LogP contribution < -0.4 is 27.4 Å². The molecule has 0 aromatic heterocycles. The number of carboxylic acid groups (broad SMARTS) is 2. The highest BCUT2D eigenvalue weighted by Gasteiger charge is 2.30. The van der Waals surface area contributed by atoms with Gasteiger partial charge in [0.1, 0.15) is 18.1 Å². The Morgan fingerprint density at radius 3 is 1.89 bits per heavy atom. The summed E-state index contributed by atoms with van der Waals surface area (Å²) in [5.74, 6) is -5.92. The summed E-state index contributed by atoms with van der Waals surface area (Å²) < 4.78 is 0. The Morgan fingerprint density at radius 2 is 1.36 bits per heavy atom. The fraction of sp³-hybridized carbons (Fsp3) is 0.455. The number of carbonyl (C=O) groups excluding carboxylic acids is 4. The van der Waals surface area contributed by atoms with Crippen LogP contribution in [0.25, 0.3) is 0 Å². The van der Waals surface area contributed by atoms with Gasteiger partial charge in [-0.15, -0.1) is 0 Å². The Labute approximate surface area is 212 Å². The van der Waals surface area contributed by atoms with E-state index in [9.17, 15) is 33.9 Å². The largest absolute Gasteiger partial charge is 0.481 e. The van der Waals surface area contributed by atoms with Crippen LogP contribution in [0.1, 0.15) is 31.2 Å². The summed E-state index contributed by atoms with van der Waals surface area (Å²) in [4.78, 5) is 71.6. The first-order valence-corrected chi connectivity index (χ1v) is 11.6. The Hall–Kier alpha value is -3.65. The fourth-order valence-electron chi connectivity index (χ4n) is 3.03. The molecule has 4 atom stereocenters. The van der Waals surface area contributed by atoms with Crippen molar-refractivity contribution in [3.63, 3.8) is 0 Å².